The first-order valence-corrected chi connectivity index (χ1v) is 13.8. The quantitative estimate of drug-likeness (QED) is 0.136. The Labute approximate surface area is 244 Å². The number of rotatable bonds is 13. The molecule has 0 fully saturated rings. The van der Waals surface area contributed by atoms with E-state index in [-0.39, 0.29) is 19.1 Å². The molecule has 1 heterocycles. The molecule has 0 radical (unpaired) electrons. The summed E-state index contributed by atoms with van der Waals surface area (Å²) >= 11 is 0. The monoisotopic (exact) mass is 572 g/mol. The molecule has 220 valence electrons. The lowest BCUT2D eigenvalue weighted by molar-refractivity contribution is -0.136. The highest BCUT2D eigenvalue weighted by molar-refractivity contribution is 5.68. The number of aryl methyl sites for hydroxylation is 2. The SMILES string of the molecule is Cc1oc(-c2ccc(Nc3ccc(N)cc3)cc2)nc1CCOc1ccc(CCC(=O)O)c(CNC(=O)OC(C)C)c1. The Morgan fingerprint density at radius 2 is 1.67 bits per heavy atom. The second-order valence-corrected chi connectivity index (χ2v) is 10.1. The van der Waals surface area contributed by atoms with Crippen molar-refractivity contribution in [3.63, 3.8) is 0 Å². The summed E-state index contributed by atoms with van der Waals surface area (Å²) in [5, 5.41) is 15.1. The zero-order valence-corrected chi connectivity index (χ0v) is 24.0. The van der Waals surface area contributed by atoms with Crippen LogP contribution in [0.15, 0.2) is 71.1 Å². The minimum atomic E-state index is -0.887. The maximum absolute atomic E-state index is 12.0. The van der Waals surface area contributed by atoms with Crippen LogP contribution in [-0.4, -0.2) is 34.9 Å². The average Bonchev–Trinajstić information content (AvgIpc) is 3.32. The third-order valence-electron chi connectivity index (χ3n) is 6.38. The number of hydrogen-bond donors (Lipinski definition) is 4. The Balaban J connectivity index is 1.36. The van der Waals surface area contributed by atoms with Gasteiger partial charge in [0.15, 0.2) is 0 Å². The number of carbonyl (C=O) groups is 2. The van der Waals surface area contributed by atoms with Gasteiger partial charge in [-0.3, -0.25) is 4.79 Å². The van der Waals surface area contributed by atoms with E-state index >= 15 is 0 Å². The minimum Gasteiger partial charge on any atom is -0.493 e. The number of aliphatic carboxylic acids is 1. The molecule has 0 spiro atoms. The Hall–Kier alpha value is -4.99. The third kappa shape index (κ3) is 8.76. The predicted molar refractivity (Wildman–Crippen MR) is 161 cm³/mol. The summed E-state index contributed by atoms with van der Waals surface area (Å²) in [5.74, 6) is 0.969. The molecular weight excluding hydrogens is 536 g/mol. The normalized spacial score (nSPS) is 10.9. The molecule has 5 N–H and O–H groups in total. The molecule has 1 amide bonds. The number of nitrogens with one attached hydrogen (secondary N) is 2. The number of nitrogen functional groups attached to an aromatic ring is 1. The highest BCUT2D eigenvalue weighted by atomic mass is 16.6. The van der Waals surface area contributed by atoms with E-state index in [1.54, 1.807) is 19.9 Å². The Morgan fingerprint density at radius 1 is 0.976 bits per heavy atom. The smallest absolute Gasteiger partial charge is 0.407 e. The largest absolute Gasteiger partial charge is 0.493 e. The van der Waals surface area contributed by atoms with Crippen LogP contribution >= 0.6 is 0 Å². The van der Waals surface area contributed by atoms with Crippen LogP contribution < -0.4 is 21.1 Å². The van der Waals surface area contributed by atoms with Crippen LogP contribution in [-0.2, 0) is 28.9 Å². The van der Waals surface area contributed by atoms with E-state index in [4.69, 9.17) is 24.7 Å². The van der Waals surface area contributed by atoms with Crippen molar-refractivity contribution in [2.45, 2.75) is 52.7 Å². The van der Waals surface area contributed by atoms with Crippen molar-refractivity contribution >= 4 is 29.1 Å². The summed E-state index contributed by atoms with van der Waals surface area (Å²) in [6.45, 7) is 5.96. The highest BCUT2D eigenvalue weighted by Crippen LogP contribution is 2.26. The van der Waals surface area contributed by atoms with Gasteiger partial charge in [-0.1, -0.05) is 6.07 Å². The number of aromatic nitrogens is 1. The number of alkyl carbamates (subject to hydrolysis) is 1. The molecule has 3 aromatic carbocycles. The van der Waals surface area contributed by atoms with E-state index in [2.05, 4.69) is 15.6 Å². The van der Waals surface area contributed by atoms with E-state index in [1.165, 1.54) is 0 Å². The van der Waals surface area contributed by atoms with Crippen molar-refractivity contribution in [1.29, 1.82) is 0 Å². The molecule has 42 heavy (non-hydrogen) atoms. The number of carboxylic acid groups (broad SMARTS) is 1. The van der Waals surface area contributed by atoms with Crippen LogP contribution in [0.25, 0.3) is 11.5 Å². The van der Waals surface area contributed by atoms with Crippen LogP contribution in [0.4, 0.5) is 21.9 Å². The summed E-state index contributed by atoms with van der Waals surface area (Å²) in [5.41, 5.74) is 11.6. The molecule has 1 aromatic heterocycles. The predicted octanol–water partition coefficient (Wildman–Crippen LogP) is 6.25. The minimum absolute atomic E-state index is 0.0146. The van der Waals surface area contributed by atoms with Crippen molar-refractivity contribution < 1.29 is 28.6 Å². The zero-order valence-electron chi connectivity index (χ0n) is 24.0. The fraction of sp³-hybridized carbons (Fsp3) is 0.281. The summed E-state index contributed by atoms with van der Waals surface area (Å²) in [6.07, 6.45) is 0.0693. The van der Waals surface area contributed by atoms with Gasteiger partial charge in [-0.2, -0.15) is 0 Å². The van der Waals surface area contributed by atoms with Crippen molar-refractivity contribution in [3.8, 4) is 17.2 Å². The van der Waals surface area contributed by atoms with Crippen LogP contribution in [0.3, 0.4) is 0 Å². The number of nitrogens with zero attached hydrogens (tertiary/aromatic N) is 1. The van der Waals surface area contributed by atoms with E-state index < -0.39 is 12.1 Å². The third-order valence-corrected chi connectivity index (χ3v) is 6.38. The average molecular weight is 573 g/mol. The molecule has 0 saturated carbocycles. The van der Waals surface area contributed by atoms with E-state index in [0.717, 1.165) is 39.5 Å². The highest BCUT2D eigenvalue weighted by Gasteiger charge is 2.14. The van der Waals surface area contributed by atoms with Gasteiger partial charge in [0.1, 0.15) is 11.5 Å². The first-order chi connectivity index (χ1) is 20.2. The summed E-state index contributed by atoms with van der Waals surface area (Å²) in [4.78, 5) is 27.7. The first kappa shape index (κ1) is 30.0. The molecule has 0 unspecified atom stereocenters. The summed E-state index contributed by atoms with van der Waals surface area (Å²) < 4.78 is 17.1. The van der Waals surface area contributed by atoms with Gasteiger partial charge >= 0.3 is 12.1 Å². The molecule has 10 heteroatoms. The van der Waals surface area contributed by atoms with Crippen molar-refractivity contribution in [2.24, 2.45) is 0 Å². The molecule has 0 aliphatic heterocycles. The molecule has 0 atom stereocenters. The second kappa shape index (κ2) is 14.1. The number of oxazole rings is 1. The standard InChI is InChI=1S/C32H36N4O6/c1-20(2)41-32(39)34-19-24-18-28(14-6-22(24)7-15-30(37)38)40-17-16-29-21(3)42-31(36-29)23-4-10-26(11-5-23)35-27-12-8-25(33)9-13-27/h4-6,8-14,18,20,35H,7,15-17,19,33H2,1-3H3,(H,34,39)(H,37,38). The van der Waals surface area contributed by atoms with Gasteiger partial charge in [0.05, 0.1) is 18.4 Å². The second-order valence-electron chi connectivity index (χ2n) is 10.1. The number of anilines is 3. The number of benzene rings is 3. The van der Waals surface area contributed by atoms with Crippen LogP contribution in [0.5, 0.6) is 5.75 Å². The lowest BCUT2D eigenvalue weighted by Crippen LogP contribution is -2.26. The maximum Gasteiger partial charge on any atom is 0.407 e. The summed E-state index contributed by atoms with van der Waals surface area (Å²) in [6, 6.07) is 20.8. The first-order valence-electron chi connectivity index (χ1n) is 13.8. The fourth-order valence-electron chi connectivity index (χ4n) is 4.24. The molecule has 0 bridgehead atoms. The van der Waals surface area contributed by atoms with Gasteiger partial charge in [-0.25, -0.2) is 9.78 Å². The fourth-order valence-corrected chi connectivity index (χ4v) is 4.24. The number of nitrogens with two attached hydrogens (primary N) is 1. The molecule has 0 saturated heterocycles. The molecule has 0 aliphatic rings. The number of carboxylic acids is 1. The van der Waals surface area contributed by atoms with Crippen molar-refractivity contribution in [3.05, 3.63) is 89.3 Å². The molecule has 10 nitrogen and oxygen atoms in total. The number of hydrogen-bond acceptors (Lipinski definition) is 8. The molecule has 4 aromatic rings. The van der Waals surface area contributed by atoms with Gasteiger partial charge in [-0.15, -0.1) is 0 Å². The van der Waals surface area contributed by atoms with Gasteiger partial charge in [-0.05, 0) is 99.0 Å². The maximum atomic E-state index is 12.0. The number of carbonyl (C=O) groups excluding carboxylic acids is 1. The van der Waals surface area contributed by atoms with Crippen LogP contribution in [0.2, 0.25) is 0 Å². The Morgan fingerprint density at radius 3 is 2.33 bits per heavy atom. The molecular formula is C32H36N4O6. The lowest BCUT2D eigenvalue weighted by Gasteiger charge is -2.14. The molecule has 0 aliphatic carbocycles. The van der Waals surface area contributed by atoms with Crippen molar-refractivity contribution in [1.82, 2.24) is 10.3 Å². The molecule has 4 rings (SSSR count). The van der Waals surface area contributed by atoms with Crippen LogP contribution in [0.1, 0.15) is 42.8 Å². The van der Waals surface area contributed by atoms with E-state index in [1.807, 2.05) is 67.6 Å². The Kier molecular flexibility index (Phi) is 10.0. The van der Waals surface area contributed by atoms with E-state index in [9.17, 15) is 9.59 Å². The van der Waals surface area contributed by atoms with Gasteiger partial charge < -0.3 is 35.4 Å². The topological polar surface area (TPSA) is 149 Å². The Bertz CT molecular complexity index is 1500. The number of amides is 1. The van der Waals surface area contributed by atoms with E-state index in [0.29, 0.717) is 36.8 Å². The van der Waals surface area contributed by atoms with Crippen molar-refractivity contribution in [2.75, 3.05) is 17.7 Å². The van der Waals surface area contributed by atoms with Crippen LogP contribution in [0, 0.1) is 6.92 Å². The number of ether oxygens (including phenoxy) is 2. The van der Waals surface area contributed by atoms with Gasteiger partial charge in [0, 0.05) is 42.0 Å². The van der Waals surface area contributed by atoms with Gasteiger partial charge in [0.2, 0.25) is 5.89 Å². The van der Waals surface area contributed by atoms with Gasteiger partial charge in [0.25, 0.3) is 0 Å². The zero-order chi connectivity index (χ0) is 30.1. The summed E-state index contributed by atoms with van der Waals surface area (Å²) in [7, 11) is 0. The lowest BCUT2D eigenvalue weighted by atomic mass is 10.0.